The van der Waals surface area contributed by atoms with Crippen LogP contribution >= 0.6 is 0 Å². The number of rotatable bonds is 5. The molecule has 0 unspecified atom stereocenters. The van der Waals surface area contributed by atoms with E-state index in [1.165, 1.54) is 0 Å². The molecule has 0 saturated carbocycles. The molecule has 84 valence electrons. The van der Waals surface area contributed by atoms with E-state index < -0.39 is 0 Å². The molecule has 0 amide bonds. The zero-order valence-electron chi connectivity index (χ0n) is 10.1. The van der Waals surface area contributed by atoms with Gasteiger partial charge in [0.1, 0.15) is 11.5 Å². The molecule has 0 fully saturated rings. The average molecular weight is 208 g/mol. The second-order valence-corrected chi connectivity index (χ2v) is 4.00. The van der Waals surface area contributed by atoms with Crippen molar-refractivity contribution < 1.29 is 9.90 Å². The first-order chi connectivity index (χ1) is 6.84. The van der Waals surface area contributed by atoms with Crippen LogP contribution in [0.2, 0.25) is 0 Å². The van der Waals surface area contributed by atoms with Gasteiger partial charge in [-0.2, -0.15) is 0 Å². The van der Waals surface area contributed by atoms with E-state index in [0.29, 0.717) is 12.0 Å². The van der Waals surface area contributed by atoms with Crippen LogP contribution in [0, 0.1) is 0 Å². The summed E-state index contributed by atoms with van der Waals surface area (Å²) in [5.74, 6) is 0.422. The fourth-order valence-corrected chi connectivity index (χ4v) is 1.22. The summed E-state index contributed by atoms with van der Waals surface area (Å²) in [6.45, 7) is 10.8. The molecule has 0 aliphatic carbocycles. The van der Waals surface area contributed by atoms with Gasteiger partial charge in [0.15, 0.2) is 0 Å². The third kappa shape index (κ3) is 5.89. The Morgan fingerprint density at radius 1 is 1.20 bits per heavy atom. The van der Waals surface area contributed by atoms with Crippen molar-refractivity contribution in [3.05, 3.63) is 35.1 Å². The summed E-state index contributed by atoms with van der Waals surface area (Å²) < 4.78 is 0. The van der Waals surface area contributed by atoms with Crippen molar-refractivity contribution in [1.29, 1.82) is 0 Å². The summed E-state index contributed by atoms with van der Waals surface area (Å²) in [6, 6.07) is 0. The van der Waals surface area contributed by atoms with Crippen LogP contribution in [0.25, 0.3) is 0 Å². The fraction of sp³-hybridized carbons (Fsp3) is 0.462. The molecule has 0 heterocycles. The number of allylic oxidation sites excluding steroid dienone is 4. The second kappa shape index (κ2) is 6.23. The molecule has 0 saturated heterocycles. The van der Waals surface area contributed by atoms with Gasteiger partial charge in [0, 0.05) is 6.42 Å². The lowest BCUT2D eigenvalue weighted by Gasteiger charge is -2.03. The van der Waals surface area contributed by atoms with Gasteiger partial charge in [0.2, 0.25) is 0 Å². The Bertz CT molecular complexity index is 319. The fourth-order valence-electron chi connectivity index (χ4n) is 1.22. The molecule has 0 bridgehead atoms. The molecular weight excluding hydrogens is 188 g/mol. The maximum atomic E-state index is 10.8. The number of ketones is 1. The van der Waals surface area contributed by atoms with Crippen LogP contribution in [0.3, 0.4) is 0 Å². The van der Waals surface area contributed by atoms with Crippen molar-refractivity contribution in [2.45, 2.75) is 40.5 Å². The highest BCUT2D eigenvalue weighted by atomic mass is 16.3. The van der Waals surface area contributed by atoms with E-state index in [9.17, 15) is 9.90 Å². The Labute approximate surface area is 92.0 Å². The summed E-state index contributed by atoms with van der Waals surface area (Å²) in [5, 5.41) is 9.59. The van der Waals surface area contributed by atoms with Crippen molar-refractivity contribution in [3.8, 4) is 0 Å². The highest BCUT2D eigenvalue weighted by molar-refractivity contribution is 5.75. The van der Waals surface area contributed by atoms with Crippen LogP contribution in [0.1, 0.15) is 40.5 Å². The lowest BCUT2D eigenvalue weighted by molar-refractivity contribution is -0.116. The van der Waals surface area contributed by atoms with Gasteiger partial charge in [-0.15, -0.1) is 0 Å². The van der Waals surface area contributed by atoms with Gasteiger partial charge in [0.25, 0.3) is 0 Å². The van der Waals surface area contributed by atoms with Crippen LogP contribution < -0.4 is 0 Å². The highest BCUT2D eigenvalue weighted by Gasteiger charge is 2.00. The van der Waals surface area contributed by atoms with E-state index in [0.717, 1.165) is 17.6 Å². The molecule has 0 spiro atoms. The van der Waals surface area contributed by atoms with Crippen LogP contribution in [0.5, 0.6) is 0 Å². The van der Waals surface area contributed by atoms with E-state index in [1.807, 2.05) is 19.9 Å². The second-order valence-electron chi connectivity index (χ2n) is 4.00. The molecule has 0 aliphatic heterocycles. The first-order valence-electron chi connectivity index (χ1n) is 5.07. The minimum Gasteiger partial charge on any atom is -0.507 e. The lowest BCUT2D eigenvalue weighted by Crippen LogP contribution is -1.91. The summed E-state index contributed by atoms with van der Waals surface area (Å²) in [5.41, 5.74) is 2.54. The summed E-state index contributed by atoms with van der Waals surface area (Å²) in [6.07, 6.45) is 3.20. The Morgan fingerprint density at radius 3 is 2.13 bits per heavy atom. The molecule has 2 nitrogen and oxygen atoms in total. The topological polar surface area (TPSA) is 37.3 Å². The van der Waals surface area contributed by atoms with Crippen molar-refractivity contribution >= 4 is 5.78 Å². The normalized spacial score (nSPS) is 13.5. The largest absolute Gasteiger partial charge is 0.507 e. The van der Waals surface area contributed by atoms with Crippen molar-refractivity contribution in [3.63, 3.8) is 0 Å². The quantitative estimate of drug-likeness (QED) is 0.552. The Balaban J connectivity index is 4.54. The standard InChI is InChI=1S/C13H20O2/c1-9(2)13(15)11(4)8-10(3)6-7-12(5)14/h8,15H,1,6-7H2,2-5H3/b10-8+,13-11+. The maximum absolute atomic E-state index is 10.8. The van der Waals surface area contributed by atoms with Crippen molar-refractivity contribution in [2.75, 3.05) is 0 Å². The predicted molar refractivity (Wildman–Crippen MR) is 63.8 cm³/mol. The SMILES string of the molecule is C=C(C)/C(O)=C(C)\C=C(/C)CCC(C)=O. The number of carbonyl (C=O) groups is 1. The van der Waals surface area contributed by atoms with Crippen molar-refractivity contribution in [2.24, 2.45) is 0 Å². The number of aliphatic hydroxyl groups is 1. The van der Waals surface area contributed by atoms with Gasteiger partial charge in [-0.25, -0.2) is 0 Å². The summed E-state index contributed by atoms with van der Waals surface area (Å²) >= 11 is 0. The molecule has 0 aromatic rings. The van der Waals surface area contributed by atoms with Gasteiger partial charge in [0.05, 0.1) is 0 Å². The number of Topliss-reactive ketones (excluding diaryl/α,β-unsaturated/α-hetero) is 1. The van der Waals surface area contributed by atoms with E-state index in [2.05, 4.69) is 6.58 Å². The monoisotopic (exact) mass is 208 g/mol. The molecule has 2 heteroatoms. The van der Waals surface area contributed by atoms with Gasteiger partial charge < -0.3 is 9.90 Å². The van der Waals surface area contributed by atoms with E-state index in [-0.39, 0.29) is 11.5 Å². The van der Waals surface area contributed by atoms with Gasteiger partial charge in [-0.1, -0.05) is 18.2 Å². The number of carbonyl (C=O) groups excluding carboxylic acids is 1. The Kier molecular flexibility index (Phi) is 5.68. The first-order valence-corrected chi connectivity index (χ1v) is 5.07. The molecule has 0 aliphatic rings. The van der Waals surface area contributed by atoms with Crippen LogP contribution in [-0.4, -0.2) is 10.9 Å². The van der Waals surface area contributed by atoms with Crippen LogP contribution in [0.4, 0.5) is 0 Å². The molecule has 15 heavy (non-hydrogen) atoms. The van der Waals surface area contributed by atoms with Crippen LogP contribution in [0.15, 0.2) is 35.1 Å². The average Bonchev–Trinajstić information content (AvgIpc) is 2.13. The van der Waals surface area contributed by atoms with Gasteiger partial charge >= 0.3 is 0 Å². The number of aliphatic hydroxyl groups excluding tert-OH is 1. The molecule has 0 atom stereocenters. The minimum absolute atomic E-state index is 0.188. The van der Waals surface area contributed by atoms with Crippen LogP contribution in [-0.2, 0) is 4.79 Å². The molecule has 0 aromatic carbocycles. The third-order valence-corrected chi connectivity index (χ3v) is 2.11. The predicted octanol–water partition coefficient (Wildman–Crippen LogP) is 3.71. The number of hydrogen-bond acceptors (Lipinski definition) is 2. The third-order valence-electron chi connectivity index (χ3n) is 2.11. The van der Waals surface area contributed by atoms with Gasteiger partial charge in [-0.3, -0.25) is 0 Å². The van der Waals surface area contributed by atoms with E-state index >= 15 is 0 Å². The first kappa shape index (κ1) is 13.7. The highest BCUT2D eigenvalue weighted by Crippen LogP contribution is 2.14. The smallest absolute Gasteiger partial charge is 0.130 e. The maximum Gasteiger partial charge on any atom is 0.130 e. The van der Waals surface area contributed by atoms with Gasteiger partial charge in [-0.05, 0) is 45.3 Å². The zero-order valence-corrected chi connectivity index (χ0v) is 10.1. The van der Waals surface area contributed by atoms with E-state index in [4.69, 9.17) is 0 Å². The lowest BCUT2D eigenvalue weighted by atomic mass is 10.1. The molecule has 0 aromatic heterocycles. The zero-order chi connectivity index (χ0) is 12.0. The Hall–Kier alpha value is -1.31. The van der Waals surface area contributed by atoms with Crippen molar-refractivity contribution in [1.82, 2.24) is 0 Å². The van der Waals surface area contributed by atoms with E-state index in [1.54, 1.807) is 13.8 Å². The summed E-state index contributed by atoms with van der Waals surface area (Å²) in [7, 11) is 0. The molecule has 0 rings (SSSR count). The number of hydrogen-bond donors (Lipinski definition) is 1. The molecule has 1 N–H and O–H groups in total. The molecule has 0 radical (unpaired) electrons. The summed E-state index contributed by atoms with van der Waals surface area (Å²) in [4.78, 5) is 10.8. The minimum atomic E-state index is 0.188. The molecular formula is C13H20O2. The Morgan fingerprint density at radius 2 is 1.73 bits per heavy atom.